The van der Waals surface area contributed by atoms with Gasteiger partial charge in [0.1, 0.15) is 0 Å². The van der Waals surface area contributed by atoms with Gasteiger partial charge >= 0.3 is 84.4 Å². The fraction of sp³-hybridized carbons (Fsp3) is 1.00. The third-order valence-corrected chi connectivity index (χ3v) is 9.55. The maximum absolute atomic E-state index is 5.99. The molecule has 1 atom stereocenters. The summed E-state index contributed by atoms with van der Waals surface area (Å²) in [7, 11) is -1.46. The summed E-state index contributed by atoms with van der Waals surface area (Å²) in [5.41, 5.74) is 0. The molecule has 0 aliphatic heterocycles. The third kappa shape index (κ3) is 5.68. The van der Waals surface area contributed by atoms with Crippen molar-refractivity contribution in [2.45, 2.75) is 33.5 Å². The summed E-state index contributed by atoms with van der Waals surface area (Å²) in [6.07, 6.45) is 0.963. The predicted octanol–water partition coefficient (Wildman–Crippen LogP) is 2.83. The first-order valence-electron chi connectivity index (χ1n) is 4.27. The van der Waals surface area contributed by atoms with E-state index in [0.717, 1.165) is 12.8 Å². The molecule has 0 amide bonds. The van der Waals surface area contributed by atoms with E-state index in [1.54, 1.807) is 0 Å². The molecule has 0 saturated carbocycles. The van der Waals surface area contributed by atoms with E-state index < -0.39 is 14.3 Å². The molecule has 5 heteroatoms. The van der Waals surface area contributed by atoms with Crippen LogP contribution in [0.25, 0.3) is 0 Å². The fourth-order valence-corrected chi connectivity index (χ4v) is 10.3. The molecule has 0 spiro atoms. The van der Waals surface area contributed by atoms with Crippen LogP contribution in [0.2, 0.25) is 19.6 Å². The second-order valence-electron chi connectivity index (χ2n) is 3.55. The Bertz CT molecular complexity index is 179. The zero-order valence-electron chi connectivity index (χ0n) is 8.59. The van der Waals surface area contributed by atoms with Gasteiger partial charge in [0, 0.05) is 0 Å². The van der Waals surface area contributed by atoms with Crippen molar-refractivity contribution >= 4 is 29.4 Å². The van der Waals surface area contributed by atoms with Gasteiger partial charge in [0.15, 0.2) is 0 Å². The summed E-state index contributed by atoms with van der Waals surface area (Å²) in [5, 5.41) is 0. The van der Waals surface area contributed by atoms with Crippen LogP contribution in [-0.4, -0.2) is 36.2 Å². The van der Waals surface area contributed by atoms with Gasteiger partial charge in [0.05, 0.1) is 0 Å². The van der Waals surface area contributed by atoms with Crippen LogP contribution in [0, 0.1) is 0 Å². The quantitative estimate of drug-likeness (QED) is 0.566. The number of hydrogen-bond donors (Lipinski definition) is 0. The minimum atomic E-state index is -1.64. The molecule has 74 valence electrons. The Balaban J connectivity index is 4.25. The van der Waals surface area contributed by atoms with Gasteiger partial charge in [-0.1, -0.05) is 0 Å². The van der Waals surface area contributed by atoms with E-state index >= 15 is 0 Å². The zero-order valence-corrected chi connectivity index (χ0v) is 12.2. The van der Waals surface area contributed by atoms with Gasteiger partial charge in [0.2, 0.25) is 0 Å². The van der Waals surface area contributed by atoms with Gasteiger partial charge in [-0.3, -0.25) is 0 Å². The van der Waals surface area contributed by atoms with Gasteiger partial charge in [-0.2, -0.15) is 0 Å². The number of rotatable bonds is 5. The van der Waals surface area contributed by atoms with E-state index in [-0.39, 0.29) is 0 Å². The van der Waals surface area contributed by atoms with E-state index in [2.05, 4.69) is 41.7 Å². The van der Waals surface area contributed by atoms with Crippen LogP contribution in [0.15, 0.2) is 0 Å². The molecule has 0 fully saturated rings. The van der Waals surface area contributed by atoms with Crippen LogP contribution in [0.1, 0.15) is 13.8 Å². The van der Waals surface area contributed by atoms with E-state index in [0.29, 0.717) is 0 Å². The van der Waals surface area contributed by atoms with E-state index in [4.69, 9.17) is 8.74 Å². The molecule has 0 aromatic carbocycles. The van der Waals surface area contributed by atoms with Crippen LogP contribution in [0.5, 0.6) is 0 Å². The number of hydrogen-bond acceptors (Lipinski definition) is 2. The van der Waals surface area contributed by atoms with Crippen LogP contribution in [-0.2, 0) is 8.74 Å². The Kier molecular flexibility index (Phi) is 5.55. The Morgan fingerprint density at radius 3 is 2.00 bits per heavy atom. The molecule has 1 unspecified atom stereocenters. The van der Waals surface area contributed by atoms with Crippen molar-refractivity contribution in [1.82, 2.24) is 0 Å². The average Bonchev–Trinajstić information content (AvgIpc) is 1.84. The second kappa shape index (κ2) is 5.09. The van der Waals surface area contributed by atoms with Crippen molar-refractivity contribution in [3.05, 3.63) is 0 Å². The van der Waals surface area contributed by atoms with E-state index in [1.165, 1.54) is 0 Å². The van der Waals surface area contributed by atoms with Crippen molar-refractivity contribution in [1.29, 1.82) is 0 Å². The molecule has 0 aliphatic rings. The van der Waals surface area contributed by atoms with E-state index in [9.17, 15) is 0 Å². The Hall–Kier alpha value is 1.09. The predicted molar refractivity (Wildman–Crippen MR) is 59.3 cm³/mol. The van der Waals surface area contributed by atoms with Crippen molar-refractivity contribution in [3.63, 3.8) is 0 Å². The summed E-state index contributed by atoms with van der Waals surface area (Å²) >= 11 is 3.10. The molecular weight excluding hydrogens is 254 g/mol. The Morgan fingerprint density at radius 2 is 1.75 bits per heavy atom. The monoisotopic (exact) mass is 274 g/mol. The third-order valence-electron chi connectivity index (χ3n) is 1.13. The molecule has 0 saturated heterocycles. The summed E-state index contributed by atoms with van der Waals surface area (Å²) in [4.78, 5) is 0. The zero-order chi connectivity index (χ0) is 9.83. The van der Waals surface area contributed by atoms with Crippen LogP contribution < -0.4 is 0 Å². The molecule has 0 aliphatic carbocycles. The molecule has 0 aromatic rings. The van der Waals surface area contributed by atoms with Crippen LogP contribution >= 0.6 is 5.96 Å². The molecule has 0 radical (unpaired) electrons. The van der Waals surface area contributed by atoms with Gasteiger partial charge in [-0.05, 0) is 0 Å². The summed E-state index contributed by atoms with van der Waals surface area (Å²) in [6, 6.07) is 0. The van der Waals surface area contributed by atoms with E-state index in [1.807, 2.05) is 6.92 Å². The fourth-order valence-electron chi connectivity index (χ4n) is 0.796. The molecule has 12 heavy (non-hydrogen) atoms. The van der Waals surface area contributed by atoms with Crippen molar-refractivity contribution in [2.24, 2.45) is 0 Å². The Morgan fingerprint density at radius 1 is 1.25 bits per heavy atom. The first-order chi connectivity index (χ1) is 5.33. The van der Waals surface area contributed by atoms with Gasteiger partial charge in [-0.15, -0.1) is 0 Å². The maximum atomic E-state index is 5.99. The normalized spacial score (nSPS) is 17.4. The van der Waals surface area contributed by atoms with Crippen LogP contribution in [0.4, 0.5) is 0 Å². The molecular formula is C7H19O2PSeSi. The van der Waals surface area contributed by atoms with Crippen molar-refractivity contribution < 1.29 is 8.74 Å². The van der Waals surface area contributed by atoms with Crippen molar-refractivity contribution in [3.8, 4) is 0 Å². The van der Waals surface area contributed by atoms with Gasteiger partial charge < -0.3 is 0 Å². The second-order valence-corrected chi connectivity index (χ2v) is 14.1. The molecule has 0 rings (SSSR count). The summed E-state index contributed by atoms with van der Waals surface area (Å²) in [5.74, 6) is -1.64. The SMILES string of the molecule is CCOP(=[Se])(CC)O[Si](C)(C)C. The molecule has 2 nitrogen and oxygen atoms in total. The minimum absolute atomic E-state index is 0.735. The van der Waals surface area contributed by atoms with Gasteiger partial charge in [0.25, 0.3) is 0 Å². The van der Waals surface area contributed by atoms with Gasteiger partial charge in [-0.25, -0.2) is 0 Å². The standard InChI is InChI=1S/C7H19O2PSeSi/c1-6-8-10(11,7-2)9-12(3,4)5/h6-7H2,1-5H3. The summed E-state index contributed by atoms with van der Waals surface area (Å²) < 4.78 is 11.6. The first-order valence-corrected chi connectivity index (χ1v) is 11.7. The Labute approximate surface area is 84.5 Å². The molecule has 0 heterocycles. The summed E-state index contributed by atoms with van der Waals surface area (Å²) in [6.45, 7) is 11.4. The molecule has 0 bridgehead atoms. The molecule has 0 aromatic heterocycles. The van der Waals surface area contributed by atoms with Crippen LogP contribution in [0.3, 0.4) is 0 Å². The molecule has 0 N–H and O–H groups in total. The first kappa shape index (κ1) is 13.1. The topological polar surface area (TPSA) is 18.5 Å². The van der Waals surface area contributed by atoms with Crippen molar-refractivity contribution in [2.75, 3.05) is 12.8 Å². The average molecular weight is 273 g/mol.